The average molecular weight is 247 g/mol. The Bertz CT molecular complexity index is 494. The normalized spacial score (nSPS) is 11.0. The zero-order valence-electron chi connectivity index (χ0n) is 9.11. The van der Waals surface area contributed by atoms with Crippen LogP contribution in [-0.2, 0) is 11.0 Å². The van der Waals surface area contributed by atoms with Crippen LogP contribution in [0.3, 0.4) is 0 Å². The third kappa shape index (κ3) is 3.66. The molecular formula is C13H12O3P+. The molecule has 0 bridgehead atoms. The molecule has 1 atom stereocenters. The van der Waals surface area contributed by atoms with Gasteiger partial charge in [0.1, 0.15) is 0 Å². The highest BCUT2D eigenvalue weighted by Crippen LogP contribution is 2.23. The molecule has 0 radical (unpaired) electrons. The third-order valence-corrected chi connectivity index (χ3v) is 2.72. The van der Waals surface area contributed by atoms with Crippen molar-refractivity contribution in [2.24, 2.45) is 0 Å². The van der Waals surface area contributed by atoms with Gasteiger partial charge in [-0.15, -0.1) is 4.89 Å². The van der Waals surface area contributed by atoms with E-state index >= 15 is 0 Å². The molecule has 0 saturated carbocycles. The lowest BCUT2D eigenvalue weighted by molar-refractivity contribution is 0.410. The summed E-state index contributed by atoms with van der Waals surface area (Å²) in [5, 5.41) is 0. The summed E-state index contributed by atoms with van der Waals surface area (Å²) in [6.07, 6.45) is 0.840. The largest absolute Gasteiger partial charge is 0.747 e. The van der Waals surface area contributed by atoms with E-state index in [2.05, 4.69) is 16.7 Å². The van der Waals surface area contributed by atoms with E-state index in [9.17, 15) is 4.57 Å². The monoisotopic (exact) mass is 247 g/mol. The van der Waals surface area contributed by atoms with Crippen molar-refractivity contribution < 1.29 is 14.0 Å². The second kappa shape index (κ2) is 5.58. The molecule has 0 fully saturated rings. The molecule has 3 nitrogen and oxygen atoms in total. The number of hydrogen-bond acceptors (Lipinski definition) is 2. The molecule has 4 heteroatoms. The zero-order valence-corrected chi connectivity index (χ0v) is 10.0. The van der Waals surface area contributed by atoms with Crippen molar-refractivity contribution in [3.8, 4) is 5.75 Å². The molecule has 2 aromatic carbocycles. The summed E-state index contributed by atoms with van der Waals surface area (Å²) >= 11 is 0. The minimum Gasteiger partial charge on any atom is -0.229 e. The Morgan fingerprint density at radius 3 is 2.12 bits per heavy atom. The van der Waals surface area contributed by atoms with E-state index in [0.717, 1.165) is 12.0 Å². The molecular weight excluding hydrogens is 235 g/mol. The molecule has 0 spiro atoms. The Balaban J connectivity index is 2.06. The fraction of sp³-hybridized carbons (Fsp3) is 0.0769. The van der Waals surface area contributed by atoms with Crippen LogP contribution in [0.5, 0.6) is 5.75 Å². The van der Waals surface area contributed by atoms with E-state index in [0.29, 0.717) is 5.75 Å². The van der Waals surface area contributed by atoms with Gasteiger partial charge in [0, 0.05) is 4.57 Å². The molecule has 0 aliphatic heterocycles. The number of benzene rings is 2. The van der Waals surface area contributed by atoms with Gasteiger partial charge in [0.15, 0.2) is 5.75 Å². The molecule has 0 saturated heterocycles. The maximum Gasteiger partial charge on any atom is 0.747 e. The van der Waals surface area contributed by atoms with Crippen molar-refractivity contribution >= 4 is 8.25 Å². The average Bonchev–Trinajstić information content (AvgIpc) is 2.32. The van der Waals surface area contributed by atoms with E-state index in [-0.39, 0.29) is 0 Å². The van der Waals surface area contributed by atoms with Gasteiger partial charge >= 0.3 is 8.25 Å². The SMILES string of the molecule is O=[P+](O)Oc1ccc(Cc2ccccc2)cc1. The molecule has 1 N–H and O–H groups in total. The van der Waals surface area contributed by atoms with Gasteiger partial charge in [-0.3, -0.25) is 0 Å². The third-order valence-electron chi connectivity index (χ3n) is 2.36. The van der Waals surface area contributed by atoms with Crippen LogP contribution in [0.15, 0.2) is 54.6 Å². The van der Waals surface area contributed by atoms with E-state index in [4.69, 9.17) is 4.89 Å². The van der Waals surface area contributed by atoms with Crippen molar-refractivity contribution in [3.63, 3.8) is 0 Å². The van der Waals surface area contributed by atoms with Crippen molar-refractivity contribution in [1.29, 1.82) is 0 Å². The minimum absolute atomic E-state index is 0.408. The summed E-state index contributed by atoms with van der Waals surface area (Å²) in [4.78, 5) is 8.60. The van der Waals surface area contributed by atoms with Crippen LogP contribution in [0.25, 0.3) is 0 Å². The summed E-state index contributed by atoms with van der Waals surface area (Å²) in [6, 6.07) is 17.3. The molecule has 1 unspecified atom stereocenters. The summed E-state index contributed by atoms with van der Waals surface area (Å²) in [5.74, 6) is 0.408. The van der Waals surface area contributed by atoms with Crippen molar-refractivity contribution in [1.82, 2.24) is 0 Å². The number of hydrogen-bond donors (Lipinski definition) is 1. The molecule has 0 aliphatic rings. The second-order valence-electron chi connectivity index (χ2n) is 3.64. The first-order chi connectivity index (χ1) is 8.24. The standard InChI is InChI=1S/C13H11O3P/c14-17(15)16-13-8-6-12(7-9-13)10-11-4-2-1-3-5-11/h1-9H,10H2/p+1. The van der Waals surface area contributed by atoms with Crippen LogP contribution in [0.1, 0.15) is 11.1 Å². The first-order valence-corrected chi connectivity index (χ1v) is 6.34. The fourth-order valence-electron chi connectivity index (χ4n) is 1.59. The summed E-state index contributed by atoms with van der Waals surface area (Å²) in [7, 11) is -2.58. The predicted molar refractivity (Wildman–Crippen MR) is 66.1 cm³/mol. The highest BCUT2D eigenvalue weighted by Gasteiger charge is 2.13. The maximum absolute atomic E-state index is 10.5. The first-order valence-electron chi connectivity index (χ1n) is 5.21. The Morgan fingerprint density at radius 1 is 0.941 bits per heavy atom. The highest BCUT2D eigenvalue weighted by atomic mass is 31.1. The number of rotatable bonds is 4. The van der Waals surface area contributed by atoms with Gasteiger partial charge in [0.25, 0.3) is 0 Å². The van der Waals surface area contributed by atoms with E-state index in [1.54, 1.807) is 12.1 Å². The quantitative estimate of drug-likeness (QED) is 0.843. The van der Waals surface area contributed by atoms with Gasteiger partial charge in [0.05, 0.1) is 0 Å². The van der Waals surface area contributed by atoms with Crippen LogP contribution in [0.4, 0.5) is 0 Å². The van der Waals surface area contributed by atoms with Gasteiger partial charge in [-0.25, -0.2) is 4.52 Å². The van der Waals surface area contributed by atoms with Crippen LogP contribution in [0, 0.1) is 0 Å². The second-order valence-corrected chi connectivity index (χ2v) is 4.29. The van der Waals surface area contributed by atoms with Gasteiger partial charge in [-0.05, 0) is 29.7 Å². The van der Waals surface area contributed by atoms with E-state index < -0.39 is 8.25 Å². The van der Waals surface area contributed by atoms with E-state index in [1.165, 1.54) is 5.56 Å². The van der Waals surface area contributed by atoms with Crippen molar-refractivity contribution in [2.75, 3.05) is 0 Å². The molecule has 2 rings (SSSR count). The molecule has 0 heterocycles. The van der Waals surface area contributed by atoms with Crippen LogP contribution >= 0.6 is 8.25 Å². The lowest BCUT2D eigenvalue weighted by atomic mass is 10.1. The minimum atomic E-state index is -2.58. The summed E-state index contributed by atoms with van der Waals surface area (Å²) in [6.45, 7) is 0. The predicted octanol–water partition coefficient (Wildman–Crippen LogP) is 3.31. The zero-order chi connectivity index (χ0) is 12.1. The molecule has 17 heavy (non-hydrogen) atoms. The molecule has 86 valence electrons. The Hall–Kier alpha value is -1.70. The lowest BCUT2D eigenvalue weighted by Gasteiger charge is -2.01. The van der Waals surface area contributed by atoms with E-state index in [1.807, 2.05) is 30.3 Å². The van der Waals surface area contributed by atoms with Crippen molar-refractivity contribution in [2.45, 2.75) is 6.42 Å². The fourth-order valence-corrected chi connectivity index (χ4v) is 1.89. The Labute approximate surface area is 101 Å². The Morgan fingerprint density at radius 2 is 1.53 bits per heavy atom. The van der Waals surface area contributed by atoms with Crippen LogP contribution in [-0.4, -0.2) is 4.89 Å². The highest BCUT2D eigenvalue weighted by molar-refractivity contribution is 7.32. The smallest absolute Gasteiger partial charge is 0.229 e. The van der Waals surface area contributed by atoms with Gasteiger partial charge in [-0.2, -0.15) is 0 Å². The molecule has 2 aromatic rings. The van der Waals surface area contributed by atoms with Gasteiger partial charge < -0.3 is 0 Å². The van der Waals surface area contributed by atoms with Crippen LogP contribution < -0.4 is 4.52 Å². The molecule has 0 aromatic heterocycles. The Kier molecular flexibility index (Phi) is 3.86. The maximum atomic E-state index is 10.5. The van der Waals surface area contributed by atoms with Crippen molar-refractivity contribution in [3.05, 3.63) is 65.7 Å². The first kappa shape index (κ1) is 11.8. The summed E-state index contributed by atoms with van der Waals surface area (Å²) < 4.78 is 15.2. The lowest BCUT2D eigenvalue weighted by Crippen LogP contribution is -1.87. The van der Waals surface area contributed by atoms with Crippen LogP contribution in [0.2, 0.25) is 0 Å². The summed E-state index contributed by atoms with van der Waals surface area (Å²) in [5.41, 5.74) is 2.37. The topological polar surface area (TPSA) is 46.5 Å². The molecule has 0 amide bonds. The van der Waals surface area contributed by atoms with Gasteiger partial charge in [0.2, 0.25) is 0 Å². The molecule has 0 aliphatic carbocycles. The van der Waals surface area contributed by atoms with Gasteiger partial charge in [-0.1, -0.05) is 42.5 Å².